The molecule has 0 bridgehead atoms. The Kier molecular flexibility index (Phi) is 4.63. The monoisotopic (exact) mass is 409 g/mol. The highest BCUT2D eigenvalue weighted by atomic mass is 16.5. The van der Waals surface area contributed by atoms with Gasteiger partial charge in [-0.15, -0.1) is 0 Å². The van der Waals surface area contributed by atoms with Crippen LogP contribution in [0.5, 0.6) is 0 Å². The van der Waals surface area contributed by atoms with Gasteiger partial charge in [0, 0.05) is 32.1 Å². The summed E-state index contributed by atoms with van der Waals surface area (Å²) >= 11 is 0. The molecule has 1 saturated carbocycles. The molecule has 1 aromatic carbocycles. The van der Waals surface area contributed by atoms with Gasteiger partial charge in [-0.05, 0) is 48.3 Å². The standard InChI is InChI=1S/C22H27N5O3/c1-26-18-10-15(2-3-16(18)12-24-26)14-4-8-27(9-5-14)21(29)19-17(20(28)25-30)11-22(6-7-22)13-23-19/h2-4,10,12,17,19,23,30H,5-9,11,13H2,1H3,(H,25,28)/t17-,19-/m0/s1. The van der Waals surface area contributed by atoms with Crippen LogP contribution in [0, 0.1) is 11.3 Å². The van der Waals surface area contributed by atoms with Crippen molar-refractivity contribution >= 4 is 28.3 Å². The molecule has 1 aromatic heterocycles. The molecule has 2 aromatic rings. The second-order valence-corrected chi connectivity index (χ2v) is 8.95. The van der Waals surface area contributed by atoms with Crippen molar-refractivity contribution in [1.29, 1.82) is 0 Å². The van der Waals surface area contributed by atoms with Gasteiger partial charge in [0.25, 0.3) is 0 Å². The lowest BCUT2D eigenvalue weighted by atomic mass is 9.81. The summed E-state index contributed by atoms with van der Waals surface area (Å²) in [5.41, 5.74) is 5.36. The van der Waals surface area contributed by atoms with E-state index < -0.39 is 17.9 Å². The Bertz CT molecular complexity index is 1040. The highest BCUT2D eigenvalue weighted by molar-refractivity contribution is 5.91. The summed E-state index contributed by atoms with van der Waals surface area (Å²) in [5, 5.41) is 17.9. The third-order valence-electron chi connectivity index (χ3n) is 7.06. The van der Waals surface area contributed by atoms with Crippen LogP contribution in [-0.4, -0.2) is 57.4 Å². The molecule has 0 radical (unpaired) electrons. The minimum atomic E-state index is -0.580. The zero-order valence-corrected chi connectivity index (χ0v) is 17.1. The summed E-state index contributed by atoms with van der Waals surface area (Å²) in [6, 6.07) is 5.75. The molecule has 3 N–H and O–H groups in total. The maximum atomic E-state index is 13.2. The first-order valence-corrected chi connectivity index (χ1v) is 10.6. The van der Waals surface area contributed by atoms with Gasteiger partial charge in [0.05, 0.1) is 23.7 Å². The van der Waals surface area contributed by atoms with E-state index in [1.54, 1.807) is 5.48 Å². The summed E-state index contributed by atoms with van der Waals surface area (Å²) in [5.74, 6) is -1.06. The Morgan fingerprint density at radius 1 is 1.33 bits per heavy atom. The predicted molar refractivity (Wildman–Crippen MR) is 111 cm³/mol. The number of hydroxylamine groups is 1. The summed E-state index contributed by atoms with van der Waals surface area (Å²) in [6.45, 7) is 1.90. The molecule has 2 amide bonds. The van der Waals surface area contributed by atoms with E-state index in [-0.39, 0.29) is 11.3 Å². The molecule has 158 valence electrons. The smallest absolute Gasteiger partial charge is 0.248 e. The van der Waals surface area contributed by atoms with Crippen molar-refractivity contribution < 1.29 is 14.8 Å². The molecule has 1 aliphatic carbocycles. The molecule has 5 rings (SSSR count). The molecule has 8 heteroatoms. The van der Waals surface area contributed by atoms with Gasteiger partial charge in [-0.3, -0.25) is 19.5 Å². The Balaban J connectivity index is 1.31. The van der Waals surface area contributed by atoms with Gasteiger partial charge in [0.2, 0.25) is 11.8 Å². The van der Waals surface area contributed by atoms with Crippen molar-refractivity contribution in [2.45, 2.75) is 31.7 Å². The second kappa shape index (κ2) is 7.21. The average molecular weight is 409 g/mol. The number of piperidine rings is 1. The van der Waals surface area contributed by atoms with Gasteiger partial charge in [-0.1, -0.05) is 18.2 Å². The number of carbonyl (C=O) groups excluding carboxylic acids is 2. The molecule has 3 heterocycles. The molecule has 2 fully saturated rings. The van der Waals surface area contributed by atoms with Crippen LogP contribution in [0.2, 0.25) is 0 Å². The highest BCUT2D eigenvalue weighted by Crippen LogP contribution is 2.52. The minimum Gasteiger partial charge on any atom is -0.337 e. The fourth-order valence-electron chi connectivity index (χ4n) is 4.94. The van der Waals surface area contributed by atoms with E-state index in [0.717, 1.165) is 42.3 Å². The van der Waals surface area contributed by atoms with E-state index in [4.69, 9.17) is 5.21 Å². The number of rotatable bonds is 3. The SMILES string of the molecule is Cn1ncc2ccc(C3=CCN(C(=O)[C@H]4NCC5(CC5)C[C@@H]4C(=O)NO)CC3)cc21. The average Bonchev–Trinajstić information content (AvgIpc) is 3.44. The van der Waals surface area contributed by atoms with E-state index in [1.165, 1.54) is 5.57 Å². The van der Waals surface area contributed by atoms with E-state index in [2.05, 4.69) is 34.7 Å². The zero-order valence-electron chi connectivity index (χ0n) is 17.1. The first-order chi connectivity index (χ1) is 14.5. The first-order valence-electron chi connectivity index (χ1n) is 10.6. The molecule has 1 spiro atoms. The third-order valence-corrected chi connectivity index (χ3v) is 7.06. The first kappa shape index (κ1) is 19.3. The Labute approximate surface area is 174 Å². The fourth-order valence-corrected chi connectivity index (χ4v) is 4.94. The number of hydrogen-bond acceptors (Lipinski definition) is 5. The van der Waals surface area contributed by atoms with Crippen molar-refractivity contribution in [3.63, 3.8) is 0 Å². The summed E-state index contributed by atoms with van der Waals surface area (Å²) in [6.07, 6.45) is 7.53. The molecule has 8 nitrogen and oxygen atoms in total. The molecule has 2 atom stereocenters. The van der Waals surface area contributed by atoms with Gasteiger partial charge >= 0.3 is 0 Å². The van der Waals surface area contributed by atoms with Crippen LogP contribution in [0.3, 0.4) is 0 Å². The molecule has 3 aliphatic rings. The molecule has 1 saturated heterocycles. The normalized spacial score (nSPS) is 25.3. The lowest BCUT2D eigenvalue weighted by molar-refractivity contribution is -0.144. The van der Waals surface area contributed by atoms with Crippen LogP contribution in [-0.2, 0) is 16.6 Å². The number of amides is 2. The second-order valence-electron chi connectivity index (χ2n) is 8.95. The Morgan fingerprint density at radius 2 is 2.17 bits per heavy atom. The predicted octanol–water partition coefficient (Wildman–Crippen LogP) is 1.45. The van der Waals surface area contributed by atoms with E-state index in [0.29, 0.717) is 19.5 Å². The molecular weight excluding hydrogens is 382 g/mol. The molecular formula is C22H27N5O3. The highest BCUT2D eigenvalue weighted by Gasteiger charge is 2.52. The number of nitrogens with one attached hydrogen (secondary N) is 2. The number of benzene rings is 1. The number of carbonyl (C=O) groups is 2. The number of fused-ring (bicyclic) bond motifs is 1. The van der Waals surface area contributed by atoms with Gasteiger partial charge in [0.1, 0.15) is 0 Å². The Morgan fingerprint density at radius 3 is 2.87 bits per heavy atom. The van der Waals surface area contributed by atoms with Crippen LogP contribution in [0.4, 0.5) is 0 Å². The van der Waals surface area contributed by atoms with Crippen molar-refractivity contribution in [3.8, 4) is 0 Å². The minimum absolute atomic E-state index is 0.0588. The van der Waals surface area contributed by atoms with Crippen molar-refractivity contribution in [3.05, 3.63) is 36.0 Å². The van der Waals surface area contributed by atoms with Crippen molar-refractivity contribution in [2.24, 2.45) is 18.4 Å². The quantitative estimate of drug-likeness (QED) is 0.526. The summed E-state index contributed by atoms with van der Waals surface area (Å²) in [7, 11) is 1.93. The fraction of sp³-hybridized carbons (Fsp3) is 0.500. The van der Waals surface area contributed by atoms with E-state index in [1.807, 2.05) is 22.8 Å². The number of hydrogen-bond donors (Lipinski definition) is 3. The lowest BCUT2D eigenvalue weighted by Gasteiger charge is -2.38. The van der Waals surface area contributed by atoms with Crippen molar-refractivity contribution in [1.82, 2.24) is 25.5 Å². The Hall–Kier alpha value is -2.71. The topological polar surface area (TPSA) is 99.5 Å². The molecule has 0 unspecified atom stereocenters. The van der Waals surface area contributed by atoms with Gasteiger partial charge in [-0.2, -0.15) is 5.10 Å². The lowest BCUT2D eigenvalue weighted by Crippen LogP contribution is -2.59. The van der Waals surface area contributed by atoms with Crippen LogP contribution in [0.15, 0.2) is 30.5 Å². The van der Waals surface area contributed by atoms with Crippen LogP contribution in [0.25, 0.3) is 16.5 Å². The molecule has 30 heavy (non-hydrogen) atoms. The van der Waals surface area contributed by atoms with Gasteiger partial charge in [-0.25, -0.2) is 5.48 Å². The van der Waals surface area contributed by atoms with Gasteiger partial charge in [0.15, 0.2) is 0 Å². The number of nitrogens with zero attached hydrogens (tertiary/aromatic N) is 3. The van der Waals surface area contributed by atoms with Crippen LogP contribution in [0.1, 0.15) is 31.2 Å². The van der Waals surface area contributed by atoms with E-state index >= 15 is 0 Å². The zero-order chi connectivity index (χ0) is 20.9. The number of aryl methyl sites for hydroxylation is 1. The van der Waals surface area contributed by atoms with Gasteiger partial charge < -0.3 is 10.2 Å². The van der Waals surface area contributed by atoms with Crippen LogP contribution < -0.4 is 10.8 Å². The largest absolute Gasteiger partial charge is 0.337 e. The maximum Gasteiger partial charge on any atom is 0.248 e. The van der Waals surface area contributed by atoms with E-state index in [9.17, 15) is 9.59 Å². The summed E-state index contributed by atoms with van der Waals surface area (Å²) < 4.78 is 1.87. The molecule has 2 aliphatic heterocycles. The van der Waals surface area contributed by atoms with Crippen LogP contribution >= 0.6 is 0 Å². The third kappa shape index (κ3) is 3.30. The summed E-state index contributed by atoms with van der Waals surface area (Å²) in [4.78, 5) is 27.3. The van der Waals surface area contributed by atoms with Crippen molar-refractivity contribution in [2.75, 3.05) is 19.6 Å². The number of aromatic nitrogens is 2. The maximum absolute atomic E-state index is 13.2.